The molecule has 1 heteroatoms. The van der Waals surface area contributed by atoms with Gasteiger partial charge in [0.15, 0.2) is 0 Å². The van der Waals surface area contributed by atoms with Crippen molar-refractivity contribution in [3.8, 4) is 0 Å². The highest BCUT2D eigenvalue weighted by Crippen LogP contribution is 2.43. The van der Waals surface area contributed by atoms with Gasteiger partial charge in [-0.05, 0) is 30.1 Å². The lowest BCUT2D eigenvalue weighted by Gasteiger charge is -2.46. The summed E-state index contributed by atoms with van der Waals surface area (Å²) >= 11 is 0. The quantitative estimate of drug-likeness (QED) is 0.564. The smallest absolute Gasteiger partial charge is 0.00233 e. The lowest BCUT2D eigenvalue weighted by Crippen LogP contribution is -2.54. The van der Waals surface area contributed by atoms with Gasteiger partial charge in [0.05, 0.1) is 0 Å². The molecule has 0 unspecified atom stereocenters. The van der Waals surface area contributed by atoms with E-state index in [1.165, 1.54) is 32.4 Å². The minimum absolute atomic E-state index is 0.402. The molecule has 1 spiro atoms. The van der Waals surface area contributed by atoms with Crippen molar-refractivity contribution in [2.24, 2.45) is 10.8 Å². The highest BCUT2D eigenvalue weighted by atomic mass is 15.0. The van der Waals surface area contributed by atoms with E-state index in [9.17, 15) is 0 Å². The van der Waals surface area contributed by atoms with Crippen molar-refractivity contribution in [2.75, 3.05) is 13.1 Å². The molecule has 0 bridgehead atoms. The molecule has 1 aliphatic heterocycles. The second-order valence-electron chi connectivity index (χ2n) is 5.79. The first kappa shape index (κ1) is 9.26. The van der Waals surface area contributed by atoms with Gasteiger partial charge in [0.1, 0.15) is 0 Å². The van der Waals surface area contributed by atoms with Gasteiger partial charge in [0.2, 0.25) is 0 Å². The molecule has 1 fully saturated rings. The van der Waals surface area contributed by atoms with E-state index in [1.807, 2.05) is 0 Å². The standard InChI is InChI=1S/C12H21N/c1-11(2,3)10-4-6-12(7-5-10)8-13-9-12/h4,13H,5-9H2,1-3H3. The first-order valence-corrected chi connectivity index (χ1v) is 5.42. The van der Waals surface area contributed by atoms with Crippen molar-refractivity contribution in [3.63, 3.8) is 0 Å². The Morgan fingerprint density at radius 2 is 2.00 bits per heavy atom. The topological polar surface area (TPSA) is 12.0 Å². The molecule has 0 aromatic rings. The number of hydrogen-bond donors (Lipinski definition) is 1. The van der Waals surface area contributed by atoms with E-state index in [2.05, 4.69) is 32.2 Å². The lowest BCUT2D eigenvalue weighted by atomic mass is 9.67. The van der Waals surface area contributed by atoms with Crippen molar-refractivity contribution in [2.45, 2.75) is 40.0 Å². The van der Waals surface area contributed by atoms with Crippen LogP contribution in [0.1, 0.15) is 40.0 Å². The van der Waals surface area contributed by atoms with Gasteiger partial charge < -0.3 is 5.32 Å². The number of hydrogen-bond acceptors (Lipinski definition) is 1. The van der Waals surface area contributed by atoms with Gasteiger partial charge in [-0.3, -0.25) is 0 Å². The maximum atomic E-state index is 3.40. The van der Waals surface area contributed by atoms with E-state index in [0.29, 0.717) is 10.8 Å². The van der Waals surface area contributed by atoms with Crippen LogP contribution in [0.5, 0.6) is 0 Å². The average molecular weight is 179 g/mol. The Morgan fingerprint density at radius 3 is 2.31 bits per heavy atom. The van der Waals surface area contributed by atoms with E-state index in [0.717, 1.165) is 0 Å². The van der Waals surface area contributed by atoms with E-state index in [1.54, 1.807) is 5.57 Å². The van der Waals surface area contributed by atoms with Crippen LogP contribution in [0.2, 0.25) is 0 Å². The Kier molecular flexibility index (Phi) is 2.03. The van der Waals surface area contributed by atoms with Gasteiger partial charge in [0.25, 0.3) is 0 Å². The summed E-state index contributed by atoms with van der Waals surface area (Å²) in [6.45, 7) is 9.49. The molecule has 1 aliphatic carbocycles. The molecular formula is C12H21N. The zero-order valence-electron chi connectivity index (χ0n) is 9.11. The summed E-state index contributed by atoms with van der Waals surface area (Å²) in [4.78, 5) is 0. The van der Waals surface area contributed by atoms with Crippen LogP contribution in [-0.4, -0.2) is 13.1 Å². The molecular weight excluding hydrogens is 158 g/mol. The first-order chi connectivity index (χ1) is 6.02. The van der Waals surface area contributed by atoms with Crippen LogP contribution >= 0.6 is 0 Å². The molecule has 2 rings (SSSR count). The Bertz CT molecular complexity index is 228. The maximum absolute atomic E-state index is 3.40. The fourth-order valence-corrected chi connectivity index (χ4v) is 2.42. The van der Waals surface area contributed by atoms with Crippen LogP contribution in [0, 0.1) is 10.8 Å². The molecule has 1 nitrogen and oxygen atoms in total. The zero-order chi connectivity index (χ0) is 9.53. The van der Waals surface area contributed by atoms with Gasteiger partial charge in [0, 0.05) is 13.1 Å². The predicted molar refractivity (Wildman–Crippen MR) is 56.7 cm³/mol. The largest absolute Gasteiger partial charge is 0.316 e. The van der Waals surface area contributed by atoms with Gasteiger partial charge in [-0.1, -0.05) is 32.4 Å². The molecule has 0 amide bonds. The summed E-state index contributed by atoms with van der Waals surface area (Å²) < 4.78 is 0. The Balaban J connectivity index is 2.04. The third-order valence-electron chi connectivity index (χ3n) is 3.67. The summed E-state index contributed by atoms with van der Waals surface area (Å²) in [6, 6.07) is 0. The summed E-state index contributed by atoms with van der Waals surface area (Å²) in [5, 5.41) is 3.40. The molecule has 2 aliphatic rings. The van der Waals surface area contributed by atoms with Crippen LogP contribution < -0.4 is 5.32 Å². The summed E-state index contributed by atoms with van der Waals surface area (Å²) in [6.07, 6.45) is 6.55. The molecule has 0 radical (unpaired) electrons. The van der Waals surface area contributed by atoms with Crippen molar-refractivity contribution in [3.05, 3.63) is 11.6 Å². The third-order valence-corrected chi connectivity index (χ3v) is 3.67. The zero-order valence-corrected chi connectivity index (χ0v) is 9.11. The molecule has 0 aromatic carbocycles. The number of nitrogens with one attached hydrogen (secondary N) is 1. The number of rotatable bonds is 0. The van der Waals surface area contributed by atoms with Crippen LogP contribution in [0.3, 0.4) is 0 Å². The van der Waals surface area contributed by atoms with Crippen LogP contribution in [0.4, 0.5) is 0 Å². The van der Waals surface area contributed by atoms with Crippen LogP contribution in [0.15, 0.2) is 11.6 Å². The summed E-state index contributed by atoms with van der Waals surface area (Å²) in [5.74, 6) is 0. The maximum Gasteiger partial charge on any atom is 0.00233 e. The van der Waals surface area contributed by atoms with Gasteiger partial charge in [-0.2, -0.15) is 0 Å². The normalized spacial score (nSPS) is 26.8. The van der Waals surface area contributed by atoms with Crippen molar-refractivity contribution < 1.29 is 0 Å². The Labute approximate surface area is 81.6 Å². The van der Waals surface area contributed by atoms with Crippen molar-refractivity contribution in [1.82, 2.24) is 5.32 Å². The minimum atomic E-state index is 0.402. The molecule has 74 valence electrons. The Hall–Kier alpha value is -0.300. The minimum Gasteiger partial charge on any atom is -0.316 e. The van der Waals surface area contributed by atoms with E-state index in [-0.39, 0.29) is 0 Å². The van der Waals surface area contributed by atoms with Crippen molar-refractivity contribution in [1.29, 1.82) is 0 Å². The van der Waals surface area contributed by atoms with Crippen LogP contribution in [0.25, 0.3) is 0 Å². The van der Waals surface area contributed by atoms with Gasteiger partial charge >= 0.3 is 0 Å². The second kappa shape index (κ2) is 2.84. The lowest BCUT2D eigenvalue weighted by molar-refractivity contribution is 0.144. The molecule has 1 saturated heterocycles. The number of allylic oxidation sites excluding steroid dienone is 2. The van der Waals surface area contributed by atoms with Gasteiger partial charge in [-0.25, -0.2) is 0 Å². The van der Waals surface area contributed by atoms with Crippen molar-refractivity contribution >= 4 is 0 Å². The molecule has 0 aromatic heterocycles. The predicted octanol–water partition coefficient (Wildman–Crippen LogP) is 2.73. The molecule has 1 N–H and O–H groups in total. The summed E-state index contributed by atoms with van der Waals surface area (Å²) in [7, 11) is 0. The monoisotopic (exact) mass is 179 g/mol. The summed E-state index contributed by atoms with van der Waals surface area (Å²) in [5.41, 5.74) is 2.73. The van der Waals surface area contributed by atoms with E-state index < -0.39 is 0 Å². The highest BCUT2D eigenvalue weighted by molar-refractivity contribution is 5.18. The molecule has 13 heavy (non-hydrogen) atoms. The van der Waals surface area contributed by atoms with Gasteiger partial charge in [-0.15, -0.1) is 0 Å². The SMILES string of the molecule is CC(C)(C)C1=CCC2(CC1)CNC2. The Morgan fingerprint density at radius 1 is 1.31 bits per heavy atom. The first-order valence-electron chi connectivity index (χ1n) is 5.42. The van der Waals surface area contributed by atoms with E-state index >= 15 is 0 Å². The average Bonchev–Trinajstić information content (AvgIpc) is 2.00. The molecule has 0 atom stereocenters. The second-order valence-corrected chi connectivity index (χ2v) is 5.79. The van der Waals surface area contributed by atoms with E-state index in [4.69, 9.17) is 0 Å². The third kappa shape index (κ3) is 1.67. The highest BCUT2D eigenvalue weighted by Gasteiger charge is 2.38. The molecule has 1 heterocycles. The van der Waals surface area contributed by atoms with Crippen LogP contribution in [-0.2, 0) is 0 Å². The fourth-order valence-electron chi connectivity index (χ4n) is 2.42. The molecule has 0 saturated carbocycles. The fraction of sp³-hybridized carbons (Fsp3) is 0.833.